The normalized spacial score (nSPS) is 18.4. The van der Waals surface area contributed by atoms with E-state index in [0.717, 1.165) is 111 Å². The van der Waals surface area contributed by atoms with E-state index in [2.05, 4.69) is 98.1 Å². The van der Waals surface area contributed by atoms with Gasteiger partial charge in [-0.1, -0.05) is 152 Å². The fourth-order valence-corrected chi connectivity index (χ4v) is 28.1. The van der Waals surface area contributed by atoms with E-state index in [-0.39, 0.29) is 86.4 Å². The molecule has 6 aromatic rings. The lowest BCUT2D eigenvalue weighted by Gasteiger charge is -2.26. The van der Waals surface area contributed by atoms with Gasteiger partial charge < -0.3 is 69.0 Å². The average molecular weight is 2450 g/mol. The van der Waals surface area contributed by atoms with Crippen LogP contribution < -0.4 is 54.8 Å². The number of fused-ring (bicyclic) bond motifs is 3. The molecule has 0 bridgehead atoms. The molecule has 33 nitrogen and oxygen atoms in total. The molecule has 149 heavy (non-hydrogen) atoms. The molecule has 13 aliphatic heterocycles. The number of sulfonamides is 5. The van der Waals surface area contributed by atoms with E-state index in [4.69, 9.17) is 53.7 Å². The summed E-state index contributed by atoms with van der Waals surface area (Å²) in [5, 5.41) is 21.9. The Morgan fingerprint density at radius 3 is 0.940 bits per heavy atom. The molecule has 2 amide bonds. The van der Waals surface area contributed by atoms with Gasteiger partial charge in [-0.2, -0.15) is 17.2 Å². The summed E-state index contributed by atoms with van der Waals surface area (Å²) in [5.41, 5.74) is 22.6. The van der Waals surface area contributed by atoms with Gasteiger partial charge in [0.2, 0.25) is 50.1 Å². The molecular weight excluding hydrogens is 2310 g/mol. The Hall–Kier alpha value is -8.29. The van der Waals surface area contributed by atoms with Crippen LogP contribution in [0.5, 0.6) is 34.5 Å². The Morgan fingerprint density at radius 1 is 0.356 bits per heavy atom. The summed E-state index contributed by atoms with van der Waals surface area (Å²) in [5.74, 6) is 3.07. The monoisotopic (exact) mass is 2450 g/mol. The lowest BCUT2D eigenvalue weighted by atomic mass is 10.2. The number of hydrogen-bond acceptors (Lipinski definition) is 26. The largest absolute Gasteiger partial charge is 0.486 e. The molecule has 0 unspecified atom stereocenters. The number of carbonyl (C=O) groups excluding carboxylic acids is 2. The third-order valence-electron chi connectivity index (χ3n) is 26.0. The molecule has 15 aliphatic rings. The lowest BCUT2D eigenvalue weighted by Crippen LogP contribution is -2.39. The fourth-order valence-electron chi connectivity index (χ4n) is 17.6. The van der Waals surface area contributed by atoms with Crippen LogP contribution in [-0.2, 0) is 68.6 Å². The molecule has 0 atom stereocenters. The average Bonchev–Trinajstić information content (AvgIpc) is 1.60. The molecule has 2 aliphatic carbocycles. The van der Waals surface area contributed by atoms with Crippen molar-refractivity contribution in [3.05, 3.63) is 247 Å². The number of alkyl halides is 4. The van der Waals surface area contributed by atoms with Gasteiger partial charge in [0, 0.05) is 180 Å². The van der Waals surface area contributed by atoms with Gasteiger partial charge in [0.25, 0.3) is 9.05 Å². The first-order chi connectivity index (χ1) is 70.3. The minimum absolute atomic E-state index is 0.0171. The molecule has 13 heterocycles. The number of hydrogen-bond donors (Lipinski definition) is 5. The Labute approximate surface area is 917 Å². The van der Waals surface area contributed by atoms with E-state index in [9.17, 15) is 60.1 Å². The molecule has 0 radical (unpaired) electrons. The summed E-state index contributed by atoms with van der Waals surface area (Å²) in [6.45, 7) is 43.0. The Bertz CT molecular complexity index is 6610. The van der Waals surface area contributed by atoms with Crippen molar-refractivity contribution in [1.82, 2.24) is 48.3 Å². The number of likely N-dealkylation sites (tertiary alicyclic amines) is 1. The number of nitrogens with one attached hydrogen (secondary N) is 4. The number of halogens is 5. The van der Waals surface area contributed by atoms with Crippen molar-refractivity contribution in [3.8, 4) is 34.5 Å². The first-order valence-electron chi connectivity index (χ1n) is 49.0. The molecule has 0 aromatic heterocycles. The van der Waals surface area contributed by atoms with Crippen molar-refractivity contribution in [1.29, 1.82) is 0 Å². The number of benzene rings is 6. The predicted octanol–water partition coefficient (Wildman–Crippen LogP) is 16.3. The molecule has 0 fully saturated rings. The third-order valence-corrected chi connectivity index (χ3v) is 38.2. The maximum absolute atomic E-state index is 13.1. The minimum Gasteiger partial charge on any atom is -0.486 e. The summed E-state index contributed by atoms with van der Waals surface area (Å²) >= 11 is 13.7. The molecule has 814 valence electrons. The maximum Gasteiger partial charge on any atom is 0.410 e. The van der Waals surface area contributed by atoms with Crippen LogP contribution in [0.3, 0.4) is 0 Å². The van der Waals surface area contributed by atoms with Crippen LogP contribution in [0.4, 0.5) is 9.59 Å². The highest BCUT2D eigenvalue weighted by Gasteiger charge is 2.43. The van der Waals surface area contributed by atoms with Crippen molar-refractivity contribution >= 4 is 146 Å². The third kappa shape index (κ3) is 32.9. The SMILES string of the molecule is BrCC(CBr)=C(CBr)CBr.C1CC2=C(C1)CNC2.C1CC2=C(CNC2)N1.C=C(C)C(=C)C.CC(C)(C)OC(=O)N1CC2=C(C1)CN(S(=O)(=O)c1ccc3c(c1)OCCO3)C2.CC(C)(C)OC(=O)N1CC2=C(CCC2)C1.Cc1ccc(S(=O)(=O)N2CC3=C(C2)CN(S(=O)(=O)c2ccc(C)cc2)C3)cc1.Cc1ccc(S(N)(=O)=O)cc1.O=S(=O)(Cl)c1ccc2c(c1)OCCO2.O=S(=O)(c1ccc2c(c1)OCCO2)N1CC2=C(CNC2)C1. The van der Waals surface area contributed by atoms with Gasteiger partial charge in [-0.25, -0.2) is 65.2 Å². The van der Waals surface area contributed by atoms with E-state index in [1.54, 1.807) is 113 Å². The summed E-state index contributed by atoms with van der Waals surface area (Å²) in [4.78, 5) is 28.6. The van der Waals surface area contributed by atoms with Crippen molar-refractivity contribution in [3.63, 3.8) is 0 Å². The Balaban J connectivity index is 0.000000152. The van der Waals surface area contributed by atoms with Crippen molar-refractivity contribution in [2.24, 2.45) is 5.14 Å². The van der Waals surface area contributed by atoms with Crippen LogP contribution >= 0.6 is 74.4 Å². The molecule has 0 spiro atoms. The number of primary sulfonamides is 1. The lowest BCUT2D eigenvalue weighted by molar-refractivity contribution is 0.0285. The number of nitrogens with two attached hydrogens (primary N) is 1. The zero-order valence-electron chi connectivity index (χ0n) is 86.1. The maximum atomic E-state index is 13.1. The number of ether oxygens (including phenoxy) is 8. The molecule has 44 heteroatoms. The molecule has 6 N–H and O–H groups in total. The molecule has 0 saturated carbocycles. The number of allylic oxidation sites excluding steroid dienone is 4. The number of aryl methyl sites for hydroxylation is 3. The summed E-state index contributed by atoms with van der Waals surface area (Å²) < 4.78 is 195. The van der Waals surface area contributed by atoms with Gasteiger partial charge in [-0.05, 0) is 255 Å². The molecule has 21 rings (SSSR count). The number of carbonyl (C=O) groups is 2. The van der Waals surface area contributed by atoms with Crippen LogP contribution in [0, 0.1) is 20.8 Å². The summed E-state index contributed by atoms with van der Waals surface area (Å²) in [6, 6.07) is 33.7. The van der Waals surface area contributed by atoms with Gasteiger partial charge in [-0.15, -0.1) is 0 Å². The zero-order chi connectivity index (χ0) is 108. The second kappa shape index (κ2) is 52.8. The van der Waals surface area contributed by atoms with Crippen molar-refractivity contribution < 1.29 is 98.0 Å². The topological polar surface area (TPSA) is 406 Å². The van der Waals surface area contributed by atoms with Crippen molar-refractivity contribution in [2.75, 3.05) is 185 Å². The summed E-state index contributed by atoms with van der Waals surface area (Å²) in [7, 11) is -16.4. The van der Waals surface area contributed by atoms with Crippen LogP contribution in [0.15, 0.2) is 259 Å². The zero-order valence-corrected chi connectivity index (χ0v) is 98.1. The first-order valence-corrected chi connectivity index (χ1v) is 63.1. The molecule has 6 aromatic carbocycles. The number of nitrogens with zero attached hydrogens (tertiary/aromatic N) is 6. The van der Waals surface area contributed by atoms with Gasteiger partial charge >= 0.3 is 12.2 Å². The van der Waals surface area contributed by atoms with E-state index in [1.807, 2.05) is 81.1 Å². The molecule has 0 saturated heterocycles. The van der Waals surface area contributed by atoms with Crippen LogP contribution in [0.25, 0.3) is 0 Å². The Morgan fingerprint density at radius 2 is 0.624 bits per heavy atom. The van der Waals surface area contributed by atoms with Gasteiger partial charge in [-0.3, -0.25) is 0 Å². The van der Waals surface area contributed by atoms with Crippen LogP contribution in [0.1, 0.15) is 117 Å². The second-order valence-electron chi connectivity index (χ2n) is 39.7. The fraction of sp³-hybridized carbons (Fsp3) is 0.467. The van der Waals surface area contributed by atoms with E-state index in [0.29, 0.717) is 100 Å². The highest BCUT2D eigenvalue weighted by Crippen LogP contribution is 2.42. The van der Waals surface area contributed by atoms with Gasteiger partial charge in [0.05, 0.1) is 29.4 Å². The first kappa shape index (κ1) is 119. The quantitative estimate of drug-likeness (QED) is 0.0276. The standard InChI is InChI=1S/C20H22N2O4S2.C19H24N2O6S.C14H16N2O4S.C12H19NO2.C8H7ClO4S.C7H9NO2S.C7H11N.C6H8Br4.C6H10N2.C6H10/c1-15-3-7-19(8-4-15)27(23,24)21-11-17-13-22(14-18(17)12-21)28(25,26)20-9-5-16(2)6-10-20;1-19(2,3)27-18(22)20-9-13-11-21(12-14(13)10-20)28(23,24)15-4-5-16-17(8-15)26-7-6-25-16;17-21(18,16-8-10-6-15-7-11(10)9-16)12-1-2-13-14(5-12)20-4-3-19-13;1-12(2,3)15-11(14)13-7-9-5-4-6-10(9)8-13;9-14(10,11)6-1-2-7-8(5-6)13-4-3-12-7;1-6-2-4-7(5-3-6)11(8,9)10;1-2-6-4-8-5-7(6)3-1;7-1-5(2-8)6(3-9)4-10;1-2-8-6-4-7-3-5(1)6;1-5(2)6(3)4/h3-10H,11-14H2,1-2H3;4-5,8H,6-7,9-12H2,1-3H3;1-2,5,15H,3-4,6-9H2;4-8H2,1-3H3;1-2,5H,3-4H2;2-5H,1H3,(H2,8,9,10);8H,1-5H2;1-4H2;7-8H,1-4H2;1,3H2,2,4H3. The number of rotatable bonds is 15. The highest BCUT2D eigenvalue weighted by molar-refractivity contribution is 9.10. The summed E-state index contributed by atoms with van der Waals surface area (Å²) in [6.07, 6.45) is 8.52. The van der Waals surface area contributed by atoms with Crippen LogP contribution in [0.2, 0.25) is 0 Å². The van der Waals surface area contributed by atoms with Gasteiger partial charge in [0.1, 0.15) is 50.8 Å². The molecular formula is C105H136Br4ClN11O22S6. The van der Waals surface area contributed by atoms with Crippen LogP contribution in [-0.4, -0.2) is 286 Å². The van der Waals surface area contributed by atoms with Crippen molar-refractivity contribution in [2.45, 2.75) is 162 Å². The Kier molecular flexibility index (Phi) is 42.3. The smallest absolute Gasteiger partial charge is 0.410 e. The van der Waals surface area contributed by atoms with E-state index in [1.165, 1.54) is 157 Å². The highest BCUT2D eigenvalue weighted by atomic mass is 79.9. The van der Waals surface area contributed by atoms with Gasteiger partial charge in [0.15, 0.2) is 34.5 Å². The minimum atomic E-state index is -3.70. The van der Waals surface area contributed by atoms with E-state index < -0.39 is 64.8 Å². The van der Waals surface area contributed by atoms with E-state index >= 15 is 0 Å². The second-order valence-corrected chi connectivity index (χ2v) is 53.8. The number of amides is 2. The predicted molar refractivity (Wildman–Crippen MR) is 594 cm³/mol.